The number of carbonyl (C=O) groups excluding carboxylic acids is 6. The van der Waals surface area contributed by atoms with Gasteiger partial charge in [0.15, 0.2) is 5.82 Å². The number of benzene rings is 10. The molecule has 10 aromatic carbocycles. The van der Waals surface area contributed by atoms with Gasteiger partial charge in [0, 0.05) is 128 Å². The summed E-state index contributed by atoms with van der Waals surface area (Å²) in [7, 11) is 1.85. The summed E-state index contributed by atoms with van der Waals surface area (Å²) in [4.78, 5) is 98.1. The molecule has 22 rings (SSSR count). The standard InChI is InChI=1S/C19H15ClN4O2.C19H17ClN2O.C19H14FN3O.C19H15N3O.C17H19ClN4O.C15H15ClN4O/c1-11(17-23-19(26-24-17)12-5-3-2-4-6-12)21-18(25)16-10-13-9-14(20)7-8-15(13)22-16;20-15-7-8-16-13(11-15)12-17(21-16)18(23)22-19(9-4-10-19)14-5-2-1-3-6-14;20-15-4-2-14(3-5-15)19(7-8-19)23-18(24)17-10-13-9-12(11-21)1-6-16(13)22-17;20-12-13-6-7-16-14(10-13)11-17(21-16)18(23)22-19(8-9-19)15-4-2-1-3-5-15;1-10(2)22-9-13(8-19-22)11(3)20-17(23)16-7-12-6-14(18)4-5-15(12)21-16;1-9(11-7-17-20(2)8-11)18-15(21)14-6-10-5-12(16)3-4-13(10)19-14/h2-11,22H,1H3,(H,21,25);1-3,5-8,11-12,21H,4,9-10H2,(H,22,23);1-6,9-10,22H,7-8H2,(H,23,24);1-7,10-11,21H,8-9H2,(H,22,23);4-11,21H,1-3H3,(H,20,23);3-9,19H,1-2H3,(H,18,21). The molecule has 0 aliphatic heterocycles. The van der Waals surface area contributed by atoms with Crippen molar-refractivity contribution in [3.8, 4) is 23.6 Å². The topological polar surface area (TPSA) is 391 Å². The highest BCUT2D eigenvalue weighted by molar-refractivity contribution is 6.32. The van der Waals surface area contributed by atoms with E-state index in [-0.39, 0.29) is 64.4 Å². The molecule has 0 spiro atoms. The molecule has 12 N–H and O–H groups in total. The third kappa shape index (κ3) is 22.4. The Labute approximate surface area is 823 Å². The minimum absolute atomic E-state index is 0.0686. The van der Waals surface area contributed by atoms with E-state index in [0.717, 1.165) is 138 Å². The highest BCUT2D eigenvalue weighted by Gasteiger charge is 2.47. The molecule has 32 heteroatoms. The van der Waals surface area contributed by atoms with Crippen LogP contribution in [0.4, 0.5) is 4.39 Å². The second kappa shape index (κ2) is 41.4. The van der Waals surface area contributed by atoms with Crippen LogP contribution < -0.4 is 31.9 Å². The molecule has 0 radical (unpaired) electrons. The van der Waals surface area contributed by atoms with E-state index in [4.69, 9.17) is 61.5 Å². The Kier molecular flexibility index (Phi) is 28.3. The van der Waals surface area contributed by atoms with Crippen LogP contribution in [0.25, 0.3) is 76.9 Å². The molecule has 3 aliphatic carbocycles. The van der Waals surface area contributed by atoms with Gasteiger partial charge in [0.1, 0.15) is 40.0 Å². The second-order valence-electron chi connectivity index (χ2n) is 35.3. The summed E-state index contributed by atoms with van der Waals surface area (Å²) in [5.74, 6) is -0.395. The Balaban J connectivity index is 0.000000116. The lowest BCUT2D eigenvalue weighted by molar-refractivity contribution is 0.0816. The lowest BCUT2D eigenvalue weighted by Gasteiger charge is -2.43. The van der Waals surface area contributed by atoms with E-state index in [0.29, 0.717) is 83.1 Å². The van der Waals surface area contributed by atoms with E-state index in [9.17, 15) is 33.2 Å². The first-order chi connectivity index (χ1) is 67.5. The maximum Gasteiger partial charge on any atom is 0.268 e. The predicted octanol–water partition coefficient (Wildman–Crippen LogP) is 23.2. The molecule has 9 heterocycles. The predicted molar refractivity (Wildman–Crippen MR) is 541 cm³/mol. The summed E-state index contributed by atoms with van der Waals surface area (Å²) >= 11 is 23.9. The fraction of sp³-hybridized carbons (Fsp3) is 0.185. The van der Waals surface area contributed by atoms with Crippen molar-refractivity contribution in [1.29, 1.82) is 10.5 Å². The minimum atomic E-state index is -0.404. The third-order valence-corrected chi connectivity index (χ3v) is 25.8. The smallest absolute Gasteiger partial charge is 0.268 e. The van der Waals surface area contributed by atoms with Gasteiger partial charge in [-0.25, -0.2) is 4.39 Å². The van der Waals surface area contributed by atoms with E-state index >= 15 is 0 Å². The lowest BCUT2D eigenvalue weighted by atomic mass is 9.71. The zero-order valence-corrected chi connectivity index (χ0v) is 79.7. The van der Waals surface area contributed by atoms with Crippen molar-refractivity contribution in [2.75, 3.05) is 0 Å². The van der Waals surface area contributed by atoms with Crippen LogP contribution in [0.5, 0.6) is 0 Å². The summed E-state index contributed by atoms with van der Waals surface area (Å²) in [5, 5.41) is 56.5. The third-order valence-electron chi connectivity index (χ3n) is 24.9. The van der Waals surface area contributed by atoms with Crippen LogP contribution >= 0.6 is 46.4 Å². The molecule has 6 amide bonds. The van der Waals surface area contributed by atoms with Crippen LogP contribution in [0.3, 0.4) is 0 Å². The average molecular weight is 1950 g/mol. The number of aromatic nitrogens is 12. The molecular formula is C108H95Cl4FN20O7. The molecule has 3 fully saturated rings. The van der Waals surface area contributed by atoms with E-state index < -0.39 is 11.6 Å². The van der Waals surface area contributed by atoms with Crippen LogP contribution in [0.15, 0.2) is 290 Å². The molecule has 3 unspecified atom stereocenters. The Morgan fingerprint density at radius 2 is 0.721 bits per heavy atom. The maximum absolute atomic E-state index is 13.1. The number of hydrogen-bond acceptors (Lipinski definition) is 13. The molecular weight excluding hydrogens is 1850 g/mol. The van der Waals surface area contributed by atoms with Gasteiger partial charge in [-0.1, -0.05) is 143 Å². The van der Waals surface area contributed by atoms with E-state index in [2.05, 4.69) is 132 Å². The molecule has 140 heavy (non-hydrogen) atoms. The molecule has 3 atom stereocenters. The van der Waals surface area contributed by atoms with Crippen molar-refractivity contribution in [1.82, 2.24) is 91.5 Å². The van der Waals surface area contributed by atoms with Crippen molar-refractivity contribution in [2.24, 2.45) is 7.05 Å². The first-order valence-corrected chi connectivity index (χ1v) is 46.9. The molecule has 704 valence electrons. The van der Waals surface area contributed by atoms with Gasteiger partial charge >= 0.3 is 0 Å². The number of hydrogen-bond donors (Lipinski definition) is 12. The van der Waals surface area contributed by atoms with Gasteiger partial charge in [0.25, 0.3) is 41.3 Å². The number of halogens is 5. The van der Waals surface area contributed by atoms with Gasteiger partial charge in [-0.3, -0.25) is 38.1 Å². The number of carbonyl (C=O) groups is 6. The van der Waals surface area contributed by atoms with Crippen molar-refractivity contribution in [3.05, 3.63) is 390 Å². The molecule has 0 bridgehead atoms. The highest BCUT2D eigenvalue weighted by Crippen LogP contribution is 2.47. The first-order valence-electron chi connectivity index (χ1n) is 45.4. The molecule has 27 nitrogen and oxygen atoms in total. The van der Waals surface area contributed by atoms with Crippen LogP contribution in [0.2, 0.25) is 20.1 Å². The van der Waals surface area contributed by atoms with Gasteiger partial charge in [-0.05, 0) is 266 Å². The Morgan fingerprint density at radius 3 is 1.06 bits per heavy atom. The summed E-state index contributed by atoms with van der Waals surface area (Å²) in [6.07, 6.45) is 14.1. The Hall–Kier alpha value is -16.1. The van der Waals surface area contributed by atoms with Crippen LogP contribution in [0.1, 0.15) is 211 Å². The van der Waals surface area contributed by atoms with Gasteiger partial charge < -0.3 is 66.3 Å². The summed E-state index contributed by atoms with van der Waals surface area (Å²) in [6.45, 7) is 9.80. The van der Waals surface area contributed by atoms with Gasteiger partial charge in [-0.15, -0.1) is 0 Å². The summed E-state index contributed by atoms with van der Waals surface area (Å²) in [5.41, 5.74) is 14.5. The number of nitriles is 2. The summed E-state index contributed by atoms with van der Waals surface area (Å²) in [6, 6.07) is 83.2. The normalized spacial score (nSPS) is 13.9. The largest absolute Gasteiger partial charge is 0.351 e. The second-order valence-corrected chi connectivity index (χ2v) is 37.0. The van der Waals surface area contributed by atoms with Gasteiger partial charge in [0.05, 0.1) is 70.4 Å². The minimum Gasteiger partial charge on any atom is -0.351 e. The molecule has 9 aromatic heterocycles. The zero-order valence-electron chi connectivity index (χ0n) is 76.7. The fourth-order valence-corrected chi connectivity index (χ4v) is 17.3. The van der Waals surface area contributed by atoms with E-state index in [1.807, 2.05) is 165 Å². The number of aromatic amines is 6. The first kappa shape index (κ1) is 95.6. The molecule has 0 saturated heterocycles. The highest BCUT2D eigenvalue weighted by atomic mass is 35.5. The van der Waals surface area contributed by atoms with E-state index in [1.54, 1.807) is 121 Å². The number of amides is 6. The number of aryl methyl sites for hydroxylation is 1. The van der Waals surface area contributed by atoms with Crippen molar-refractivity contribution in [3.63, 3.8) is 0 Å². The quantitative estimate of drug-likeness (QED) is 0.0338. The Morgan fingerprint density at radius 1 is 0.393 bits per heavy atom. The van der Waals surface area contributed by atoms with Crippen LogP contribution in [-0.4, -0.2) is 95.0 Å². The molecule has 3 aliphatic rings. The molecule has 3 saturated carbocycles. The SMILES string of the molecule is CC(NC(=O)c1cc2cc(Cl)ccc2[nH]1)c1cnn(C(C)C)c1.CC(NC(=O)c1cc2cc(Cl)ccc2[nH]1)c1cnn(C)c1.CC(NC(=O)c1cc2cc(Cl)ccc2[nH]1)c1noc(-c2ccccc2)n1.N#Cc1ccc2[nH]c(C(=O)NC3(c4ccc(F)cc4)CC3)cc2c1.N#Cc1ccc2[nH]c(C(=O)NC3(c4ccccc4)CC3)cc2c1.O=C(NC1(c2ccccc2)CCC1)c1cc2cc(Cl)ccc2[nH]1. The number of nitrogens with zero attached hydrogens (tertiary/aromatic N) is 8. The van der Waals surface area contributed by atoms with Crippen LogP contribution in [-0.2, 0) is 23.7 Å². The van der Waals surface area contributed by atoms with Crippen molar-refractivity contribution < 1.29 is 37.7 Å². The van der Waals surface area contributed by atoms with Crippen molar-refractivity contribution >= 4 is 147 Å². The van der Waals surface area contributed by atoms with Crippen LogP contribution in [0, 0.1) is 28.5 Å². The van der Waals surface area contributed by atoms with Crippen molar-refractivity contribution in [2.45, 2.75) is 120 Å². The monoisotopic (exact) mass is 1940 g/mol. The Bertz CT molecular complexity index is 7880. The maximum atomic E-state index is 13.1. The zero-order chi connectivity index (χ0) is 98.1. The van der Waals surface area contributed by atoms with E-state index in [1.165, 1.54) is 17.7 Å². The number of fused-ring (bicyclic) bond motifs is 6. The fourth-order valence-electron chi connectivity index (χ4n) is 16.6. The summed E-state index contributed by atoms with van der Waals surface area (Å²) < 4.78 is 22.0. The van der Waals surface area contributed by atoms with Gasteiger partial charge in [0.2, 0.25) is 0 Å². The average Bonchev–Trinajstić information content (AvgIpc) is 1.57. The number of rotatable bonds is 20. The number of nitrogens with one attached hydrogen (secondary N) is 12. The molecule has 19 aromatic rings. The number of H-pyrrole nitrogens is 6. The lowest BCUT2D eigenvalue weighted by Crippen LogP contribution is -2.50. The van der Waals surface area contributed by atoms with Gasteiger partial charge in [-0.2, -0.15) is 25.7 Å².